The molecule has 0 aliphatic carbocycles. The maximum Gasteiger partial charge on any atom is 0.413 e. The highest BCUT2D eigenvalue weighted by Crippen LogP contribution is 2.29. The number of halogens is 3. The quantitative estimate of drug-likeness (QED) is 0.836. The molecule has 0 saturated heterocycles. The van der Waals surface area contributed by atoms with Gasteiger partial charge in [-0.05, 0) is 13.0 Å². The van der Waals surface area contributed by atoms with Crippen LogP contribution >= 0.6 is 0 Å². The van der Waals surface area contributed by atoms with Crippen LogP contribution in [0.1, 0.15) is 12.5 Å². The summed E-state index contributed by atoms with van der Waals surface area (Å²) in [5, 5.41) is 0. The van der Waals surface area contributed by atoms with Crippen molar-refractivity contribution in [1.29, 1.82) is 0 Å². The molecular formula is C10H12F3N3O. The number of nitrogen functional groups attached to an aromatic ring is 1. The third-order valence-electron chi connectivity index (χ3n) is 2.45. The number of Topliss-reactive ketones (excluding diaryl/α,β-unsaturated/α-hetero) is 1. The van der Waals surface area contributed by atoms with Gasteiger partial charge in [-0.1, -0.05) is 6.07 Å². The molecule has 1 aromatic heterocycles. The highest BCUT2D eigenvalue weighted by Gasteiger charge is 2.53. The zero-order valence-electron chi connectivity index (χ0n) is 9.08. The molecule has 1 heterocycles. The highest BCUT2D eigenvalue weighted by molar-refractivity contribution is 5.91. The number of nitrogens with two attached hydrogens (primary N) is 2. The van der Waals surface area contributed by atoms with Crippen molar-refractivity contribution in [3.63, 3.8) is 0 Å². The number of rotatable bonds is 3. The minimum atomic E-state index is -4.79. The number of carbonyl (C=O) groups excluding carboxylic acids is 1. The van der Waals surface area contributed by atoms with Gasteiger partial charge in [-0.15, -0.1) is 0 Å². The van der Waals surface area contributed by atoms with Crippen LogP contribution < -0.4 is 11.5 Å². The van der Waals surface area contributed by atoms with Gasteiger partial charge in [0.15, 0.2) is 11.3 Å². The molecule has 4 N–H and O–H groups in total. The summed E-state index contributed by atoms with van der Waals surface area (Å²) >= 11 is 0. The van der Waals surface area contributed by atoms with Crippen molar-refractivity contribution in [3.8, 4) is 0 Å². The van der Waals surface area contributed by atoms with Gasteiger partial charge in [0.05, 0.1) is 0 Å². The van der Waals surface area contributed by atoms with Gasteiger partial charge in [0.2, 0.25) is 0 Å². The van der Waals surface area contributed by atoms with E-state index in [1.54, 1.807) is 0 Å². The molecular weight excluding hydrogens is 235 g/mol. The van der Waals surface area contributed by atoms with E-state index in [9.17, 15) is 18.0 Å². The molecule has 0 radical (unpaired) electrons. The third kappa shape index (κ3) is 2.73. The SMILES string of the molecule is CC(N)(C(=O)Cc1cccnc1N)C(F)(F)F. The van der Waals surface area contributed by atoms with E-state index in [1.807, 2.05) is 0 Å². The monoisotopic (exact) mass is 247 g/mol. The standard InChI is InChI=1S/C10H12F3N3O/c1-9(15,10(11,12)13)7(17)5-6-3-2-4-16-8(6)14/h2-4H,5,15H2,1H3,(H2,14,16). The fourth-order valence-electron chi connectivity index (χ4n) is 1.11. The van der Waals surface area contributed by atoms with Gasteiger partial charge in [-0.25, -0.2) is 4.98 Å². The lowest BCUT2D eigenvalue weighted by Gasteiger charge is -2.26. The lowest BCUT2D eigenvalue weighted by Crippen LogP contribution is -2.57. The topological polar surface area (TPSA) is 82.0 Å². The first-order valence-electron chi connectivity index (χ1n) is 4.74. The van der Waals surface area contributed by atoms with Gasteiger partial charge in [0, 0.05) is 18.2 Å². The van der Waals surface area contributed by atoms with E-state index in [1.165, 1.54) is 18.3 Å². The van der Waals surface area contributed by atoms with Crippen LogP contribution in [0.2, 0.25) is 0 Å². The molecule has 1 aromatic rings. The summed E-state index contributed by atoms with van der Waals surface area (Å²) < 4.78 is 37.5. The Morgan fingerprint density at radius 1 is 1.47 bits per heavy atom. The van der Waals surface area contributed by atoms with Gasteiger partial charge in [0.1, 0.15) is 5.82 Å². The van der Waals surface area contributed by atoms with Crippen LogP contribution in [0, 0.1) is 0 Å². The first-order valence-corrected chi connectivity index (χ1v) is 4.74. The number of nitrogens with zero attached hydrogens (tertiary/aromatic N) is 1. The van der Waals surface area contributed by atoms with E-state index in [0.717, 1.165) is 0 Å². The molecule has 0 amide bonds. The fraction of sp³-hybridized carbons (Fsp3) is 0.400. The van der Waals surface area contributed by atoms with Gasteiger partial charge in [0.25, 0.3) is 0 Å². The molecule has 0 spiro atoms. The summed E-state index contributed by atoms with van der Waals surface area (Å²) in [5.74, 6) is -1.12. The molecule has 7 heteroatoms. The second kappa shape index (κ2) is 4.33. The normalized spacial score (nSPS) is 15.4. The molecule has 1 atom stereocenters. The molecule has 17 heavy (non-hydrogen) atoms. The number of aromatic nitrogens is 1. The molecule has 94 valence electrons. The predicted octanol–water partition coefficient (Wildman–Crippen LogP) is 1.06. The summed E-state index contributed by atoms with van der Waals surface area (Å²) in [6.45, 7) is 0.641. The van der Waals surface area contributed by atoms with Crippen LogP contribution in [0.3, 0.4) is 0 Å². The molecule has 1 unspecified atom stereocenters. The second-order valence-corrected chi connectivity index (χ2v) is 3.85. The van der Waals surface area contributed by atoms with Gasteiger partial charge >= 0.3 is 6.18 Å². The first kappa shape index (κ1) is 13.4. The molecule has 0 aromatic carbocycles. The first-order chi connectivity index (χ1) is 7.66. The minimum absolute atomic E-state index is 0.0267. The fourth-order valence-corrected chi connectivity index (χ4v) is 1.11. The van der Waals surface area contributed by atoms with Crippen molar-refractivity contribution in [1.82, 2.24) is 4.98 Å². The van der Waals surface area contributed by atoms with E-state index >= 15 is 0 Å². The Labute approximate surface area is 95.8 Å². The summed E-state index contributed by atoms with van der Waals surface area (Å²) in [6, 6.07) is 2.92. The highest BCUT2D eigenvalue weighted by atomic mass is 19.4. The van der Waals surface area contributed by atoms with Crippen LogP contribution in [-0.2, 0) is 11.2 Å². The smallest absolute Gasteiger partial charge is 0.383 e. The van der Waals surface area contributed by atoms with Crippen molar-refractivity contribution < 1.29 is 18.0 Å². The molecule has 0 aliphatic heterocycles. The molecule has 0 fully saturated rings. The maximum absolute atomic E-state index is 12.5. The average Bonchev–Trinajstić information content (AvgIpc) is 2.19. The zero-order valence-corrected chi connectivity index (χ0v) is 9.08. The Morgan fingerprint density at radius 3 is 2.53 bits per heavy atom. The predicted molar refractivity (Wildman–Crippen MR) is 56.0 cm³/mol. The molecule has 0 bridgehead atoms. The van der Waals surface area contributed by atoms with Crippen molar-refractivity contribution in [2.24, 2.45) is 5.73 Å². The van der Waals surface area contributed by atoms with E-state index in [4.69, 9.17) is 11.5 Å². The molecule has 0 aliphatic rings. The summed E-state index contributed by atoms with van der Waals surface area (Å²) in [4.78, 5) is 15.2. The van der Waals surface area contributed by atoms with Crippen LogP contribution in [0.4, 0.5) is 19.0 Å². The largest absolute Gasteiger partial charge is 0.413 e. The van der Waals surface area contributed by atoms with Crippen molar-refractivity contribution in [2.45, 2.75) is 25.1 Å². The number of pyridine rings is 1. The van der Waals surface area contributed by atoms with E-state index in [-0.39, 0.29) is 11.4 Å². The van der Waals surface area contributed by atoms with E-state index in [0.29, 0.717) is 6.92 Å². The summed E-state index contributed by atoms with van der Waals surface area (Å²) in [7, 11) is 0. The maximum atomic E-state index is 12.5. The Bertz CT molecular complexity index is 429. The van der Waals surface area contributed by atoms with Gasteiger partial charge < -0.3 is 11.5 Å². The number of ketones is 1. The number of hydrogen-bond acceptors (Lipinski definition) is 4. The summed E-state index contributed by atoms with van der Waals surface area (Å²) in [5.41, 5.74) is 7.79. The Balaban J connectivity index is 2.91. The van der Waals surface area contributed by atoms with E-state index < -0.39 is 23.9 Å². The average molecular weight is 247 g/mol. The van der Waals surface area contributed by atoms with E-state index in [2.05, 4.69) is 4.98 Å². The van der Waals surface area contributed by atoms with Gasteiger partial charge in [-0.3, -0.25) is 4.79 Å². The second-order valence-electron chi connectivity index (χ2n) is 3.85. The number of carbonyl (C=O) groups is 1. The minimum Gasteiger partial charge on any atom is -0.383 e. The van der Waals surface area contributed by atoms with Crippen molar-refractivity contribution in [2.75, 3.05) is 5.73 Å². The lowest BCUT2D eigenvalue weighted by atomic mass is 9.92. The lowest BCUT2D eigenvalue weighted by molar-refractivity contribution is -0.185. The van der Waals surface area contributed by atoms with Crippen LogP contribution in [0.5, 0.6) is 0 Å². The molecule has 0 saturated carbocycles. The Morgan fingerprint density at radius 2 is 2.06 bits per heavy atom. The van der Waals surface area contributed by atoms with Gasteiger partial charge in [-0.2, -0.15) is 13.2 Å². The number of hydrogen-bond donors (Lipinski definition) is 2. The third-order valence-corrected chi connectivity index (χ3v) is 2.45. The Hall–Kier alpha value is -1.63. The number of anilines is 1. The van der Waals surface area contributed by atoms with Crippen LogP contribution in [0.15, 0.2) is 18.3 Å². The Kier molecular flexibility index (Phi) is 3.42. The molecule has 4 nitrogen and oxygen atoms in total. The van der Waals surface area contributed by atoms with Crippen LogP contribution in [0.25, 0.3) is 0 Å². The van der Waals surface area contributed by atoms with Crippen molar-refractivity contribution in [3.05, 3.63) is 23.9 Å². The van der Waals surface area contributed by atoms with Crippen molar-refractivity contribution >= 4 is 11.6 Å². The zero-order chi connectivity index (χ0) is 13.3. The summed E-state index contributed by atoms with van der Waals surface area (Å²) in [6.07, 6.45) is -3.90. The molecule has 1 rings (SSSR count). The van der Waals surface area contributed by atoms with Crippen LogP contribution in [-0.4, -0.2) is 22.5 Å². The number of alkyl halides is 3.